The lowest BCUT2D eigenvalue weighted by molar-refractivity contribution is -0.124. The number of nitrogens with one attached hydrogen (secondary N) is 2. The van der Waals surface area contributed by atoms with Gasteiger partial charge >= 0.3 is 0 Å². The van der Waals surface area contributed by atoms with E-state index in [0.717, 1.165) is 22.2 Å². The lowest BCUT2D eigenvalue weighted by Crippen LogP contribution is -2.32. The predicted molar refractivity (Wildman–Crippen MR) is 137 cm³/mol. The number of carbonyl (C=O) groups excluding carboxylic acids is 2. The molecular weight excluding hydrogens is 444 g/mol. The van der Waals surface area contributed by atoms with Crippen molar-refractivity contribution in [1.29, 1.82) is 0 Å². The molecule has 0 aliphatic carbocycles. The van der Waals surface area contributed by atoms with Gasteiger partial charge in [-0.25, -0.2) is 0 Å². The molecule has 2 N–H and O–H groups in total. The molecule has 0 aliphatic heterocycles. The second-order valence-electron chi connectivity index (χ2n) is 8.27. The molecule has 2 amide bonds. The first-order valence-corrected chi connectivity index (χ1v) is 11.7. The average molecular weight is 473 g/mol. The molecule has 0 spiro atoms. The zero-order valence-corrected chi connectivity index (χ0v) is 20.1. The molecule has 0 fully saturated rings. The Morgan fingerprint density at radius 3 is 1.41 bits per heavy atom. The van der Waals surface area contributed by atoms with Crippen molar-refractivity contribution < 1.29 is 9.59 Å². The molecule has 0 saturated carbocycles. The summed E-state index contributed by atoms with van der Waals surface area (Å²) >= 11 is 5.81. The molecule has 6 nitrogen and oxygen atoms in total. The van der Waals surface area contributed by atoms with Crippen molar-refractivity contribution in [1.82, 2.24) is 19.8 Å². The third-order valence-electron chi connectivity index (χ3n) is 5.97. The van der Waals surface area contributed by atoms with Gasteiger partial charge in [-0.3, -0.25) is 9.59 Å². The van der Waals surface area contributed by atoms with E-state index in [2.05, 4.69) is 10.6 Å². The van der Waals surface area contributed by atoms with Gasteiger partial charge in [0.05, 0.1) is 11.0 Å². The fourth-order valence-corrected chi connectivity index (χ4v) is 4.56. The van der Waals surface area contributed by atoms with E-state index in [0.29, 0.717) is 17.9 Å². The number of nitrogens with zero attached hydrogens (tertiary/aromatic N) is 2. The van der Waals surface area contributed by atoms with E-state index in [-0.39, 0.29) is 11.8 Å². The van der Waals surface area contributed by atoms with Gasteiger partial charge in [0.1, 0.15) is 12.1 Å². The summed E-state index contributed by atoms with van der Waals surface area (Å²) in [6.07, 6.45) is 0. The minimum Gasteiger partial charge on any atom is -0.350 e. The lowest BCUT2D eigenvalue weighted by Gasteiger charge is -2.17. The van der Waals surface area contributed by atoms with Gasteiger partial charge in [0.15, 0.2) is 4.77 Å². The Bertz CT molecular complexity index is 1240. The lowest BCUT2D eigenvalue weighted by atomic mass is 10.2. The maximum Gasteiger partial charge on any atom is 0.243 e. The molecule has 174 valence electrons. The Morgan fingerprint density at radius 2 is 1.03 bits per heavy atom. The van der Waals surface area contributed by atoms with Crippen molar-refractivity contribution in [3.8, 4) is 0 Å². The maximum atomic E-state index is 13.0. The third kappa shape index (κ3) is 4.94. The Hall–Kier alpha value is -3.71. The highest BCUT2D eigenvalue weighted by Crippen LogP contribution is 2.26. The Labute approximate surface area is 204 Å². The number of aromatic nitrogens is 2. The van der Waals surface area contributed by atoms with E-state index < -0.39 is 12.1 Å². The Morgan fingerprint density at radius 1 is 0.676 bits per heavy atom. The van der Waals surface area contributed by atoms with Crippen molar-refractivity contribution >= 4 is 35.1 Å². The van der Waals surface area contributed by atoms with Crippen LogP contribution >= 0.6 is 12.2 Å². The van der Waals surface area contributed by atoms with Gasteiger partial charge < -0.3 is 19.8 Å². The second kappa shape index (κ2) is 10.5. The standard InChI is InChI=1S/C27H28N4O2S/c1-19(25(32)28-17-21-11-5-3-6-12-21)30-23-15-9-10-16-24(23)31(27(30)34)20(2)26(33)29-18-22-13-7-4-8-14-22/h3-16,19-20H,17-18H2,1-2H3,(H,28,32)(H,29,33). The highest BCUT2D eigenvalue weighted by molar-refractivity contribution is 7.71. The first kappa shape index (κ1) is 23.4. The molecule has 4 rings (SSSR count). The highest BCUT2D eigenvalue weighted by Gasteiger charge is 2.25. The zero-order valence-electron chi connectivity index (χ0n) is 19.3. The Balaban J connectivity index is 1.58. The molecule has 2 unspecified atom stereocenters. The minimum absolute atomic E-state index is 0.135. The van der Waals surface area contributed by atoms with Gasteiger partial charge in [-0.15, -0.1) is 0 Å². The molecule has 34 heavy (non-hydrogen) atoms. The monoisotopic (exact) mass is 472 g/mol. The SMILES string of the molecule is CC(C(=O)NCc1ccccc1)n1c(=S)n(C(C)C(=O)NCc2ccccc2)c2ccccc21. The molecule has 4 aromatic rings. The first-order valence-electron chi connectivity index (χ1n) is 11.3. The number of benzene rings is 3. The van der Waals surface area contributed by atoms with Gasteiger partial charge in [0.2, 0.25) is 11.8 Å². The smallest absolute Gasteiger partial charge is 0.243 e. The molecule has 3 aromatic carbocycles. The molecule has 2 atom stereocenters. The van der Waals surface area contributed by atoms with Crippen LogP contribution in [0.5, 0.6) is 0 Å². The molecule has 7 heteroatoms. The van der Waals surface area contributed by atoms with Crippen LogP contribution in [0.3, 0.4) is 0 Å². The van der Waals surface area contributed by atoms with Gasteiger partial charge in [-0.2, -0.15) is 0 Å². The van der Waals surface area contributed by atoms with Crippen LogP contribution in [0.4, 0.5) is 0 Å². The molecule has 1 heterocycles. The molecule has 0 radical (unpaired) electrons. The summed E-state index contributed by atoms with van der Waals surface area (Å²) in [6, 6.07) is 26.1. The largest absolute Gasteiger partial charge is 0.350 e. The maximum absolute atomic E-state index is 13.0. The van der Waals surface area contributed by atoms with Crippen LogP contribution in [0.2, 0.25) is 0 Å². The summed E-state index contributed by atoms with van der Waals surface area (Å²) in [4.78, 5) is 26.0. The number of amides is 2. The fourth-order valence-electron chi connectivity index (χ4n) is 4.04. The third-order valence-corrected chi connectivity index (χ3v) is 6.36. The topological polar surface area (TPSA) is 68.1 Å². The molecule has 0 aliphatic rings. The second-order valence-corrected chi connectivity index (χ2v) is 8.64. The number of para-hydroxylation sites is 2. The van der Waals surface area contributed by atoms with Crippen LogP contribution in [-0.4, -0.2) is 20.9 Å². The van der Waals surface area contributed by atoms with E-state index in [1.165, 1.54) is 0 Å². The quantitative estimate of drug-likeness (QED) is 0.358. The van der Waals surface area contributed by atoms with E-state index in [1.54, 1.807) is 0 Å². The normalized spacial score (nSPS) is 12.8. The van der Waals surface area contributed by atoms with Crippen molar-refractivity contribution in [2.45, 2.75) is 39.0 Å². The average Bonchev–Trinajstić information content (AvgIpc) is 3.17. The predicted octanol–water partition coefficient (Wildman–Crippen LogP) is 4.93. The summed E-state index contributed by atoms with van der Waals surface area (Å²) < 4.78 is 4.09. The van der Waals surface area contributed by atoms with E-state index >= 15 is 0 Å². The van der Waals surface area contributed by atoms with E-state index in [4.69, 9.17) is 12.2 Å². The molecule has 0 saturated heterocycles. The summed E-state index contributed by atoms with van der Waals surface area (Å²) in [7, 11) is 0. The van der Waals surface area contributed by atoms with Crippen molar-refractivity contribution in [3.05, 3.63) is 101 Å². The van der Waals surface area contributed by atoms with Crippen LogP contribution < -0.4 is 10.6 Å². The molecular formula is C27H28N4O2S. The fraction of sp³-hybridized carbons (Fsp3) is 0.222. The van der Waals surface area contributed by atoms with Gasteiger partial charge in [0.25, 0.3) is 0 Å². The van der Waals surface area contributed by atoms with Crippen LogP contribution in [-0.2, 0) is 22.7 Å². The van der Waals surface area contributed by atoms with Crippen LogP contribution in [0.1, 0.15) is 37.1 Å². The van der Waals surface area contributed by atoms with E-state index in [1.807, 2.05) is 108 Å². The first-order chi connectivity index (χ1) is 16.5. The van der Waals surface area contributed by atoms with Gasteiger partial charge in [-0.1, -0.05) is 72.8 Å². The summed E-state index contributed by atoms with van der Waals surface area (Å²) in [5.74, 6) is -0.270. The number of hydrogen-bond donors (Lipinski definition) is 2. The van der Waals surface area contributed by atoms with Crippen molar-refractivity contribution in [2.75, 3.05) is 0 Å². The summed E-state index contributed by atoms with van der Waals surface area (Å²) in [6.45, 7) is 4.53. The van der Waals surface area contributed by atoms with Crippen LogP contribution in [0.15, 0.2) is 84.9 Å². The van der Waals surface area contributed by atoms with Gasteiger partial charge in [-0.05, 0) is 49.3 Å². The van der Waals surface area contributed by atoms with Crippen LogP contribution in [0, 0.1) is 4.77 Å². The number of fused-ring (bicyclic) bond motifs is 1. The number of imidazole rings is 1. The Kier molecular flexibility index (Phi) is 7.23. The summed E-state index contributed by atoms with van der Waals surface area (Å²) in [5.41, 5.74) is 3.69. The van der Waals surface area contributed by atoms with Crippen LogP contribution in [0.25, 0.3) is 11.0 Å². The molecule has 0 bridgehead atoms. The number of rotatable bonds is 8. The number of carbonyl (C=O) groups is 2. The van der Waals surface area contributed by atoms with Crippen molar-refractivity contribution in [2.24, 2.45) is 0 Å². The number of hydrogen-bond acceptors (Lipinski definition) is 3. The van der Waals surface area contributed by atoms with E-state index in [9.17, 15) is 9.59 Å². The van der Waals surface area contributed by atoms with Crippen molar-refractivity contribution in [3.63, 3.8) is 0 Å². The summed E-state index contributed by atoms with van der Waals surface area (Å²) in [5, 5.41) is 5.99. The minimum atomic E-state index is -0.540. The van der Waals surface area contributed by atoms with Gasteiger partial charge in [0, 0.05) is 13.1 Å². The molecule has 1 aromatic heterocycles. The highest BCUT2D eigenvalue weighted by atomic mass is 32.1. The zero-order chi connectivity index (χ0) is 24.1.